The highest BCUT2D eigenvalue weighted by molar-refractivity contribution is 9.13. The van der Waals surface area contributed by atoms with Crippen molar-refractivity contribution in [2.24, 2.45) is 0 Å². The first-order valence-electron chi connectivity index (χ1n) is 6.59. The van der Waals surface area contributed by atoms with Crippen LogP contribution in [0.5, 0.6) is 0 Å². The van der Waals surface area contributed by atoms with Crippen molar-refractivity contribution < 1.29 is 4.42 Å². The fourth-order valence-corrected chi connectivity index (χ4v) is 3.25. The highest BCUT2D eigenvalue weighted by Gasteiger charge is 2.10. The third-order valence-electron chi connectivity index (χ3n) is 3.62. The highest BCUT2D eigenvalue weighted by Crippen LogP contribution is 2.36. The van der Waals surface area contributed by atoms with Crippen molar-refractivity contribution in [1.82, 2.24) is 0 Å². The Labute approximate surface area is 138 Å². The second-order valence-corrected chi connectivity index (χ2v) is 6.65. The van der Waals surface area contributed by atoms with Crippen molar-refractivity contribution in [3.63, 3.8) is 0 Å². The molecule has 0 saturated carbocycles. The molecule has 0 radical (unpaired) electrons. The molecule has 3 heteroatoms. The van der Waals surface area contributed by atoms with Gasteiger partial charge >= 0.3 is 0 Å². The minimum absolute atomic E-state index is 0.894. The summed E-state index contributed by atoms with van der Waals surface area (Å²) in [5.74, 6) is 0. The van der Waals surface area contributed by atoms with Gasteiger partial charge in [0.15, 0.2) is 0 Å². The Bertz CT molecular complexity index is 955. The fourth-order valence-electron chi connectivity index (χ4n) is 2.58. The molecule has 0 aliphatic heterocycles. The Morgan fingerprint density at radius 2 is 1.33 bits per heavy atom. The van der Waals surface area contributed by atoms with Gasteiger partial charge in [0.2, 0.25) is 0 Å². The van der Waals surface area contributed by atoms with E-state index in [-0.39, 0.29) is 0 Å². The molecule has 1 nitrogen and oxygen atoms in total. The van der Waals surface area contributed by atoms with Gasteiger partial charge in [-0.05, 0) is 67.3 Å². The fraction of sp³-hybridized carbons (Fsp3) is 0. The maximum atomic E-state index is 6.00. The SMILES string of the molecule is Brc1cc2oc3cc(-c4ccccc4)ccc3c2cc1Br. The molecule has 21 heavy (non-hydrogen) atoms. The number of fused-ring (bicyclic) bond motifs is 3. The molecular weight excluding hydrogens is 392 g/mol. The average Bonchev–Trinajstić information content (AvgIpc) is 2.85. The third kappa shape index (κ3) is 2.21. The van der Waals surface area contributed by atoms with E-state index in [2.05, 4.69) is 68.3 Å². The number of rotatable bonds is 1. The number of halogens is 2. The van der Waals surface area contributed by atoms with E-state index in [1.54, 1.807) is 0 Å². The molecule has 0 unspecified atom stereocenters. The number of benzene rings is 3. The standard InChI is InChI=1S/C18H10Br2O/c19-15-9-14-13-7-6-12(11-4-2-1-3-5-11)8-17(13)21-18(14)10-16(15)20/h1-10H. The van der Waals surface area contributed by atoms with Gasteiger partial charge in [-0.25, -0.2) is 0 Å². The van der Waals surface area contributed by atoms with E-state index >= 15 is 0 Å². The Kier molecular flexibility index (Phi) is 3.12. The van der Waals surface area contributed by atoms with Crippen molar-refractivity contribution in [2.75, 3.05) is 0 Å². The predicted octanol–water partition coefficient (Wildman–Crippen LogP) is 6.78. The predicted molar refractivity (Wildman–Crippen MR) is 94.6 cm³/mol. The molecule has 0 spiro atoms. The second-order valence-electron chi connectivity index (χ2n) is 4.94. The molecule has 1 heterocycles. The molecule has 0 atom stereocenters. The molecule has 4 rings (SSSR count). The normalized spacial score (nSPS) is 11.3. The van der Waals surface area contributed by atoms with Crippen LogP contribution in [0, 0.1) is 0 Å². The molecule has 0 bridgehead atoms. The summed E-state index contributed by atoms with van der Waals surface area (Å²) < 4.78 is 8.03. The number of hydrogen-bond acceptors (Lipinski definition) is 1. The van der Waals surface area contributed by atoms with Crippen LogP contribution in [0.1, 0.15) is 0 Å². The zero-order valence-corrected chi connectivity index (χ0v) is 14.1. The van der Waals surface area contributed by atoms with Gasteiger partial charge in [-0.1, -0.05) is 36.4 Å². The maximum Gasteiger partial charge on any atom is 0.136 e. The lowest BCUT2D eigenvalue weighted by atomic mass is 10.0. The van der Waals surface area contributed by atoms with Gasteiger partial charge in [-0.2, -0.15) is 0 Å². The molecule has 0 fully saturated rings. The van der Waals surface area contributed by atoms with Gasteiger partial charge in [0.1, 0.15) is 11.2 Å². The van der Waals surface area contributed by atoms with Crippen LogP contribution in [-0.2, 0) is 0 Å². The third-order valence-corrected chi connectivity index (χ3v) is 5.47. The summed E-state index contributed by atoms with van der Waals surface area (Å²) in [6.07, 6.45) is 0. The summed E-state index contributed by atoms with van der Waals surface area (Å²) in [7, 11) is 0. The van der Waals surface area contributed by atoms with E-state index in [1.807, 2.05) is 24.3 Å². The van der Waals surface area contributed by atoms with Crippen LogP contribution in [0.3, 0.4) is 0 Å². The van der Waals surface area contributed by atoms with E-state index in [0.29, 0.717) is 0 Å². The number of furan rings is 1. The van der Waals surface area contributed by atoms with Crippen LogP contribution < -0.4 is 0 Å². The second kappa shape index (κ2) is 5.00. The molecule has 0 N–H and O–H groups in total. The van der Waals surface area contributed by atoms with Crippen LogP contribution in [-0.4, -0.2) is 0 Å². The Morgan fingerprint density at radius 3 is 2.14 bits per heavy atom. The summed E-state index contributed by atoms with van der Waals surface area (Å²) in [4.78, 5) is 0. The molecule has 3 aromatic carbocycles. The first kappa shape index (κ1) is 13.1. The van der Waals surface area contributed by atoms with Crippen molar-refractivity contribution in [3.8, 4) is 11.1 Å². The van der Waals surface area contributed by atoms with Gasteiger partial charge in [-0.3, -0.25) is 0 Å². The first-order chi connectivity index (χ1) is 10.2. The monoisotopic (exact) mass is 400 g/mol. The van der Waals surface area contributed by atoms with Gasteiger partial charge in [-0.15, -0.1) is 0 Å². The summed E-state index contributed by atoms with van der Waals surface area (Å²) >= 11 is 7.07. The summed E-state index contributed by atoms with van der Waals surface area (Å²) in [5.41, 5.74) is 4.17. The maximum absolute atomic E-state index is 6.00. The lowest BCUT2D eigenvalue weighted by Gasteiger charge is -2.00. The van der Waals surface area contributed by atoms with E-state index in [1.165, 1.54) is 11.1 Å². The van der Waals surface area contributed by atoms with Crippen LogP contribution in [0.25, 0.3) is 33.1 Å². The zero-order valence-electron chi connectivity index (χ0n) is 10.9. The van der Waals surface area contributed by atoms with Crippen molar-refractivity contribution >= 4 is 53.8 Å². The van der Waals surface area contributed by atoms with Crippen LogP contribution in [0.4, 0.5) is 0 Å². The van der Waals surface area contributed by atoms with Crippen LogP contribution in [0.2, 0.25) is 0 Å². The van der Waals surface area contributed by atoms with Gasteiger partial charge in [0, 0.05) is 19.7 Å². The first-order valence-corrected chi connectivity index (χ1v) is 8.18. The van der Waals surface area contributed by atoms with Crippen LogP contribution in [0.15, 0.2) is 74.0 Å². The van der Waals surface area contributed by atoms with E-state index in [0.717, 1.165) is 30.9 Å². The smallest absolute Gasteiger partial charge is 0.136 e. The molecular formula is C18H10Br2O. The molecule has 0 amide bonds. The van der Waals surface area contributed by atoms with Crippen LogP contribution >= 0.6 is 31.9 Å². The molecule has 102 valence electrons. The summed E-state index contributed by atoms with van der Waals surface area (Å²) in [6, 6.07) is 20.8. The largest absolute Gasteiger partial charge is 0.456 e. The van der Waals surface area contributed by atoms with E-state index < -0.39 is 0 Å². The summed E-state index contributed by atoms with van der Waals surface area (Å²) in [6.45, 7) is 0. The van der Waals surface area contributed by atoms with Gasteiger partial charge in [0.05, 0.1) is 0 Å². The summed E-state index contributed by atoms with van der Waals surface area (Å²) in [5, 5.41) is 2.26. The molecule has 0 saturated heterocycles. The minimum atomic E-state index is 0.894. The number of hydrogen-bond donors (Lipinski definition) is 0. The zero-order chi connectivity index (χ0) is 14.4. The Hall–Kier alpha value is -1.58. The van der Waals surface area contributed by atoms with Crippen molar-refractivity contribution in [2.45, 2.75) is 0 Å². The van der Waals surface area contributed by atoms with Crippen molar-refractivity contribution in [3.05, 3.63) is 69.6 Å². The lowest BCUT2D eigenvalue weighted by molar-refractivity contribution is 0.669. The molecule has 0 aliphatic carbocycles. The lowest BCUT2D eigenvalue weighted by Crippen LogP contribution is -1.76. The Morgan fingerprint density at radius 1 is 0.619 bits per heavy atom. The Balaban J connectivity index is 1.99. The topological polar surface area (TPSA) is 13.1 Å². The van der Waals surface area contributed by atoms with E-state index in [4.69, 9.17) is 4.42 Å². The quantitative estimate of drug-likeness (QED) is 0.342. The highest BCUT2D eigenvalue weighted by atomic mass is 79.9. The average molecular weight is 402 g/mol. The molecule has 1 aromatic heterocycles. The molecule has 4 aromatic rings. The van der Waals surface area contributed by atoms with Gasteiger partial charge in [0.25, 0.3) is 0 Å². The van der Waals surface area contributed by atoms with Gasteiger partial charge < -0.3 is 4.42 Å². The van der Waals surface area contributed by atoms with Crippen molar-refractivity contribution in [1.29, 1.82) is 0 Å². The minimum Gasteiger partial charge on any atom is -0.456 e. The molecule has 0 aliphatic rings. The van der Waals surface area contributed by atoms with E-state index in [9.17, 15) is 0 Å².